The van der Waals surface area contributed by atoms with Gasteiger partial charge in [-0.1, -0.05) is 0 Å². The molecule has 0 bridgehead atoms. The highest BCUT2D eigenvalue weighted by atomic mass is 32.2. The average molecular weight is 414 g/mol. The maximum absolute atomic E-state index is 13.2. The van der Waals surface area contributed by atoms with Crippen LogP contribution in [0.3, 0.4) is 0 Å². The van der Waals surface area contributed by atoms with Crippen LogP contribution in [0.5, 0.6) is 0 Å². The van der Waals surface area contributed by atoms with Crippen LogP contribution in [-0.4, -0.2) is 78.7 Å². The first-order chi connectivity index (χ1) is 13.3. The maximum atomic E-state index is 13.2. The van der Waals surface area contributed by atoms with Gasteiger partial charge in [-0.05, 0) is 46.0 Å². The number of sulfone groups is 1. The van der Waals surface area contributed by atoms with E-state index in [2.05, 4.69) is 5.10 Å². The van der Waals surface area contributed by atoms with Gasteiger partial charge < -0.3 is 9.64 Å². The molecule has 0 unspecified atom stereocenters. The molecule has 0 aromatic rings. The zero-order valence-corrected chi connectivity index (χ0v) is 17.6. The molecule has 8 nitrogen and oxygen atoms in total. The van der Waals surface area contributed by atoms with E-state index in [9.17, 15) is 18.0 Å². The van der Waals surface area contributed by atoms with Crippen molar-refractivity contribution in [3.63, 3.8) is 0 Å². The van der Waals surface area contributed by atoms with Crippen molar-refractivity contribution in [3.05, 3.63) is 0 Å². The van der Waals surface area contributed by atoms with Crippen LogP contribution >= 0.6 is 0 Å². The maximum Gasteiger partial charge on any atom is 0.270 e. The van der Waals surface area contributed by atoms with E-state index in [1.54, 1.807) is 0 Å². The molecule has 2 fully saturated rings. The van der Waals surface area contributed by atoms with Gasteiger partial charge in [-0.25, -0.2) is 13.4 Å². The molecule has 0 aromatic carbocycles. The monoisotopic (exact) mass is 413 g/mol. The van der Waals surface area contributed by atoms with Gasteiger partial charge in [-0.3, -0.25) is 9.59 Å². The van der Waals surface area contributed by atoms with Gasteiger partial charge in [-0.15, -0.1) is 0 Å². The Morgan fingerprint density at radius 1 is 1.25 bits per heavy atom. The van der Waals surface area contributed by atoms with E-state index in [0.717, 1.165) is 25.7 Å². The van der Waals surface area contributed by atoms with Crippen LogP contribution in [0.4, 0.5) is 0 Å². The number of nitrogens with zero attached hydrogens (tertiary/aromatic N) is 3. The van der Waals surface area contributed by atoms with Gasteiger partial charge in [0.25, 0.3) is 5.91 Å². The Morgan fingerprint density at radius 2 is 2.04 bits per heavy atom. The summed E-state index contributed by atoms with van der Waals surface area (Å²) in [6.07, 6.45) is 4.87. The second-order valence-electron chi connectivity index (χ2n) is 8.20. The Balaban J connectivity index is 1.70. The van der Waals surface area contributed by atoms with Crippen molar-refractivity contribution in [2.45, 2.75) is 77.0 Å². The molecular weight excluding hydrogens is 382 g/mol. The number of hydrazone groups is 1. The highest BCUT2D eigenvalue weighted by molar-refractivity contribution is 7.91. The molecule has 3 rings (SSSR count). The summed E-state index contributed by atoms with van der Waals surface area (Å²) in [5.41, 5.74) is 0.376. The van der Waals surface area contributed by atoms with Crippen molar-refractivity contribution in [3.8, 4) is 0 Å². The molecule has 0 saturated carbocycles. The summed E-state index contributed by atoms with van der Waals surface area (Å²) >= 11 is 0. The fourth-order valence-corrected chi connectivity index (χ4v) is 5.84. The van der Waals surface area contributed by atoms with Crippen LogP contribution in [0, 0.1) is 0 Å². The topological polar surface area (TPSA) is 96.3 Å². The van der Waals surface area contributed by atoms with Gasteiger partial charge in [0.1, 0.15) is 5.71 Å². The van der Waals surface area contributed by atoms with Crippen molar-refractivity contribution in [1.82, 2.24) is 9.91 Å². The molecule has 3 aliphatic heterocycles. The van der Waals surface area contributed by atoms with Crippen molar-refractivity contribution in [2.75, 3.05) is 24.7 Å². The smallest absolute Gasteiger partial charge is 0.270 e. The number of hydrogen-bond donors (Lipinski definition) is 0. The van der Waals surface area contributed by atoms with Crippen molar-refractivity contribution in [2.24, 2.45) is 5.10 Å². The second kappa shape index (κ2) is 8.90. The first-order valence-corrected chi connectivity index (χ1v) is 12.1. The Bertz CT molecular complexity index is 734. The fourth-order valence-electron chi connectivity index (χ4n) is 4.15. The first kappa shape index (κ1) is 21.2. The predicted octanol–water partition coefficient (Wildman–Crippen LogP) is 1.35. The minimum absolute atomic E-state index is 0.0669. The second-order valence-corrected chi connectivity index (χ2v) is 10.4. The van der Waals surface area contributed by atoms with E-state index in [1.165, 1.54) is 5.01 Å². The van der Waals surface area contributed by atoms with Gasteiger partial charge in [0.2, 0.25) is 5.91 Å². The number of carbonyl (C=O) groups is 2. The summed E-state index contributed by atoms with van der Waals surface area (Å²) in [7, 11) is -3.12. The lowest BCUT2D eigenvalue weighted by atomic mass is 9.98. The van der Waals surface area contributed by atoms with Crippen LogP contribution in [0.2, 0.25) is 0 Å². The lowest BCUT2D eigenvalue weighted by Crippen LogP contribution is -2.50. The number of rotatable bonds is 6. The van der Waals surface area contributed by atoms with Crippen LogP contribution in [-0.2, 0) is 24.2 Å². The third-order valence-corrected chi connectivity index (χ3v) is 7.40. The molecule has 0 N–H and O–H groups in total. The molecule has 0 aliphatic carbocycles. The van der Waals surface area contributed by atoms with Crippen molar-refractivity contribution < 1.29 is 22.7 Å². The number of piperidine rings is 1. The van der Waals surface area contributed by atoms with Crippen LogP contribution in [0.15, 0.2) is 5.10 Å². The summed E-state index contributed by atoms with van der Waals surface area (Å²) in [6, 6.07) is -0.321. The molecule has 0 aromatic heterocycles. The molecule has 2 saturated heterocycles. The number of ether oxygens (including phenoxy) is 1. The van der Waals surface area contributed by atoms with Gasteiger partial charge in [0, 0.05) is 32.0 Å². The molecule has 9 heteroatoms. The standard InChI is InChI=1S/C19H31N3O5S/c1-14(2)27-11-8-15-5-3-4-10-21(15)19(24)17-6-7-18(23)22(20-17)16-9-12-28(25,26)13-16/h14-16H,3-13H2,1-2H3/t15-,16+/m1/s1. The zero-order valence-electron chi connectivity index (χ0n) is 16.8. The molecule has 0 spiro atoms. The summed E-state index contributed by atoms with van der Waals surface area (Å²) in [5.74, 6) is -0.306. The molecule has 3 heterocycles. The van der Waals surface area contributed by atoms with Crippen molar-refractivity contribution >= 4 is 27.4 Å². The molecular formula is C19H31N3O5S. The minimum atomic E-state index is -3.12. The van der Waals surface area contributed by atoms with E-state index in [1.807, 2.05) is 18.7 Å². The number of amides is 2. The third kappa shape index (κ3) is 5.11. The van der Waals surface area contributed by atoms with E-state index in [-0.39, 0.29) is 41.9 Å². The van der Waals surface area contributed by atoms with E-state index < -0.39 is 15.9 Å². The Hall–Kier alpha value is -1.48. The van der Waals surface area contributed by atoms with Gasteiger partial charge in [-0.2, -0.15) is 5.10 Å². The molecule has 0 radical (unpaired) electrons. The normalized spacial score (nSPS) is 28.0. The summed E-state index contributed by atoms with van der Waals surface area (Å²) in [5, 5.41) is 5.61. The Kier molecular flexibility index (Phi) is 6.75. The fraction of sp³-hybridized carbons (Fsp3) is 0.842. The van der Waals surface area contributed by atoms with E-state index in [0.29, 0.717) is 31.7 Å². The van der Waals surface area contributed by atoms with Crippen LogP contribution in [0.25, 0.3) is 0 Å². The third-order valence-electron chi connectivity index (χ3n) is 5.65. The molecule has 2 atom stereocenters. The van der Waals surface area contributed by atoms with E-state index >= 15 is 0 Å². The van der Waals surface area contributed by atoms with Gasteiger partial charge in [0.15, 0.2) is 9.84 Å². The summed E-state index contributed by atoms with van der Waals surface area (Å²) in [6.45, 7) is 5.30. The predicted molar refractivity (Wildman–Crippen MR) is 106 cm³/mol. The Morgan fingerprint density at radius 3 is 2.71 bits per heavy atom. The molecule has 28 heavy (non-hydrogen) atoms. The van der Waals surface area contributed by atoms with Crippen LogP contribution < -0.4 is 0 Å². The largest absolute Gasteiger partial charge is 0.379 e. The lowest BCUT2D eigenvalue weighted by molar-refractivity contribution is -0.134. The van der Waals surface area contributed by atoms with Crippen molar-refractivity contribution in [1.29, 1.82) is 0 Å². The highest BCUT2D eigenvalue weighted by Gasteiger charge is 2.38. The number of carbonyl (C=O) groups excluding carboxylic acids is 2. The highest BCUT2D eigenvalue weighted by Crippen LogP contribution is 2.25. The van der Waals surface area contributed by atoms with E-state index in [4.69, 9.17) is 4.74 Å². The van der Waals surface area contributed by atoms with Gasteiger partial charge >= 0.3 is 0 Å². The zero-order chi connectivity index (χ0) is 20.3. The summed E-state index contributed by atoms with van der Waals surface area (Å²) < 4.78 is 29.2. The summed E-state index contributed by atoms with van der Waals surface area (Å²) in [4.78, 5) is 27.3. The lowest BCUT2D eigenvalue weighted by Gasteiger charge is -2.37. The minimum Gasteiger partial charge on any atom is -0.379 e. The number of hydrogen-bond acceptors (Lipinski definition) is 6. The quantitative estimate of drug-likeness (QED) is 0.655. The Labute approximate surface area is 167 Å². The molecule has 3 aliphatic rings. The molecule has 158 valence electrons. The average Bonchev–Trinajstić information content (AvgIpc) is 3.01. The first-order valence-electron chi connectivity index (χ1n) is 10.3. The molecule has 2 amide bonds. The SMILES string of the molecule is CC(C)OCC[C@H]1CCCCN1C(=O)C1=NN([C@H]2CCS(=O)(=O)C2)C(=O)CC1. The number of likely N-dealkylation sites (tertiary alicyclic amines) is 1. The van der Waals surface area contributed by atoms with Gasteiger partial charge in [0.05, 0.1) is 23.7 Å². The van der Waals surface area contributed by atoms with Crippen LogP contribution in [0.1, 0.15) is 58.8 Å².